The molecule has 25 heavy (non-hydrogen) atoms. The minimum atomic E-state index is -0.334. The molecule has 1 aromatic rings. The number of nitrogens with zero attached hydrogens (tertiary/aromatic N) is 2. The normalized spacial score (nSPS) is 28.9. The summed E-state index contributed by atoms with van der Waals surface area (Å²) in [7, 11) is 0. The number of likely N-dealkylation sites (tertiary alicyclic amines) is 1. The molecule has 2 saturated heterocycles. The van der Waals surface area contributed by atoms with Crippen LogP contribution in [0.25, 0.3) is 0 Å². The number of amides is 2. The molecule has 3 aliphatic rings. The first-order valence-electron chi connectivity index (χ1n) is 9.07. The Bertz CT molecular complexity index is 674. The van der Waals surface area contributed by atoms with Gasteiger partial charge in [-0.25, -0.2) is 4.39 Å². The van der Waals surface area contributed by atoms with Crippen molar-refractivity contribution in [3.63, 3.8) is 0 Å². The summed E-state index contributed by atoms with van der Waals surface area (Å²) in [5.41, 5.74) is 0.883. The van der Waals surface area contributed by atoms with Crippen LogP contribution in [0.2, 0.25) is 0 Å². The second-order valence-corrected chi connectivity index (χ2v) is 7.13. The van der Waals surface area contributed by atoms with Gasteiger partial charge in [0, 0.05) is 25.6 Å². The van der Waals surface area contributed by atoms with Gasteiger partial charge < -0.3 is 14.5 Å². The summed E-state index contributed by atoms with van der Waals surface area (Å²) in [6.07, 6.45) is 2.35. The Labute approximate surface area is 146 Å². The maximum Gasteiger partial charge on any atom is 0.245 e. The minimum Gasteiger partial charge on any atom is -0.378 e. The van der Waals surface area contributed by atoms with Crippen LogP contribution in [0.4, 0.5) is 4.39 Å². The predicted octanol–water partition coefficient (Wildman–Crippen LogP) is 1.78. The van der Waals surface area contributed by atoms with Gasteiger partial charge in [-0.05, 0) is 42.9 Å². The van der Waals surface area contributed by atoms with Crippen molar-refractivity contribution >= 4 is 11.8 Å². The second kappa shape index (κ2) is 6.75. The van der Waals surface area contributed by atoms with Gasteiger partial charge in [0.15, 0.2) is 0 Å². The number of carbonyl (C=O) groups excluding carboxylic acids is 2. The zero-order chi connectivity index (χ0) is 17.4. The first-order chi connectivity index (χ1) is 12.1. The minimum absolute atomic E-state index is 0.0529. The molecule has 5 nitrogen and oxygen atoms in total. The number of hydrogen-bond acceptors (Lipinski definition) is 3. The highest BCUT2D eigenvalue weighted by molar-refractivity contribution is 5.90. The van der Waals surface area contributed by atoms with Crippen LogP contribution < -0.4 is 0 Å². The molecule has 0 bridgehead atoms. The highest BCUT2D eigenvalue weighted by atomic mass is 19.1. The summed E-state index contributed by atoms with van der Waals surface area (Å²) in [4.78, 5) is 29.3. The predicted molar refractivity (Wildman–Crippen MR) is 89.4 cm³/mol. The fourth-order valence-electron chi connectivity index (χ4n) is 4.07. The van der Waals surface area contributed by atoms with E-state index in [1.165, 1.54) is 12.1 Å². The molecule has 0 aromatic heterocycles. The van der Waals surface area contributed by atoms with Gasteiger partial charge in [-0.15, -0.1) is 0 Å². The SMILES string of the molecule is O=C([C@@H]1CCCN1C(=O)[C@H]1C[C@H]1c1cccc(F)c1)N1CCOCC1. The molecular weight excluding hydrogens is 323 g/mol. The second-order valence-electron chi connectivity index (χ2n) is 7.13. The summed E-state index contributed by atoms with van der Waals surface area (Å²) < 4.78 is 18.7. The molecule has 1 aliphatic carbocycles. The van der Waals surface area contributed by atoms with E-state index >= 15 is 0 Å². The largest absolute Gasteiger partial charge is 0.378 e. The van der Waals surface area contributed by atoms with E-state index in [4.69, 9.17) is 4.74 Å². The lowest BCUT2D eigenvalue weighted by atomic mass is 10.1. The van der Waals surface area contributed by atoms with Crippen LogP contribution in [0, 0.1) is 11.7 Å². The molecule has 3 fully saturated rings. The molecule has 2 heterocycles. The highest BCUT2D eigenvalue weighted by Crippen LogP contribution is 2.49. The molecule has 1 aromatic carbocycles. The number of benzene rings is 1. The van der Waals surface area contributed by atoms with E-state index in [1.807, 2.05) is 11.0 Å². The van der Waals surface area contributed by atoms with E-state index in [1.54, 1.807) is 11.0 Å². The average molecular weight is 346 g/mol. The molecule has 3 atom stereocenters. The van der Waals surface area contributed by atoms with Crippen molar-refractivity contribution in [2.45, 2.75) is 31.2 Å². The summed E-state index contributed by atoms with van der Waals surface area (Å²) in [5.74, 6) is -0.185. The molecule has 0 spiro atoms. The summed E-state index contributed by atoms with van der Waals surface area (Å²) in [5, 5.41) is 0. The molecular formula is C19H23FN2O3. The number of ether oxygens (including phenoxy) is 1. The number of halogens is 1. The van der Waals surface area contributed by atoms with Crippen molar-refractivity contribution in [3.8, 4) is 0 Å². The molecule has 0 unspecified atom stereocenters. The van der Waals surface area contributed by atoms with Gasteiger partial charge in [0.25, 0.3) is 0 Å². The molecule has 2 aliphatic heterocycles. The monoisotopic (exact) mass is 346 g/mol. The zero-order valence-corrected chi connectivity index (χ0v) is 14.2. The van der Waals surface area contributed by atoms with E-state index < -0.39 is 0 Å². The Morgan fingerprint density at radius 1 is 1.12 bits per heavy atom. The van der Waals surface area contributed by atoms with Crippen molar-refractivity contribution in [3.05, 3.63) is 35.6 Å². The van der Waals surface area contributed by atoms with Gasteiger partial charge in [-0.1, -0.05) is 12.1 Å². The van der Waals surface area contributed by atoms with Gasteiger partial charge in [0.2, 0.25) is 11.8 Å². The van der Waals surface area contributed by atoms with Gasteiger partial charge in [0.05, 0.1) is 13.2 Å². The molecule has 6 heteroatoms. The third kappa shape index (κ3) is 3.27. The average Bonchev–Trinajstić information content (AvgIpc) is 3.29. The van der Waals surface area contributed by atoms with Crippen LogP contribution in [0.1, 0.15) is 30.7 Å². The Kier molecular flexibility index (Phi) is 4.46. The van der Waals surface area contributed by atoms with Gasteiger partial charge in [0.1, 0.15) is 11.9 Å². The van der Waals surface area contributed by atoms with Crippen LogP contribution in [0.15, 0.2) is 24.3 Å². The third-order valence-electron chi connectivity index (χ3n) is 5.53. The topological polar surface area (TPSA) is 49.9 Å². The molecule has 134 valence electrons. The van der Waals surface area contributed by atoms with Crippen molar-refractivity contribution in [1.82, 2.24) is 9.80 Å². The van der Waals surface area contributed by atoms with Crippen LogP contribution in [-0.4, -0.2) is 60.5 Å². The fourth-order valence-corrected chi connectivity index (χ4v) is 4.07. The van der Waals surface area contributed by atoms with E-state index in [0.29, 0.717) is 32.8 Å². The Balaban J connectivity index is 1.42. The summed E-state index contributed by atoms with van der Waals surface area (Å²) >= 11 is 0. The number of hydrogen-bond donors (Lipinski definition) is 0. The lowest BCUT2D eigenvalue weighted by molar-refractivity contribution is -0.147. The van der Waals surface area contributed by atoms with E-state index in [9.17, 15) is 14.0 Å². The van der Waals surface area contributed by atoms with Crippen LogP contribution >= 0.6 is 0 Å². The maximum absolute atomic E-state index is 13.4. The first-order valence-corrected chi connectivity index (χ1v) is 9.07. The third-order valence-corrected chi connectivity index (χ3v) is 5.53. The molecule has 0 radical (unpaired) electrons. The standard InChI is InChI=1S/C19H23FN2O3/c20-14-4-1-3-13(11-14)15-12-16(15)18(23)22-6-2-5-17(22)19(24)21-7-9-25-10-8-21/h1,3-4,11,15-17H,2,5-10,12H2/t15-,16-,17-/m0/s1. The van der Waals surface area contributed by atoms with Crippen LogP contribution in [-0.2, 0) is 14.3 Å². The molecule has 2 amide bonds. The first kappa shape index (κ1) is 16.5. The highest BCUT2D eigenvalue weighted by Gasteiger charge is 2.49. The quantitative estimate of drug-likeness (QED) is 0.838. The van der Waals surface area contributed by atoms with Crippen LogP contribution in [0.3, 0.4) is 0 Å². The van der Waals surface area contributed by atoms with E-state index in [2.05, 4.69) is 0 Å². The number of morpholine rings is 1. The van der Waals surface area contributed by atoms with Crippen LogP contribution in [0.5, 0.6) is 0 Å². The van der Waals surface area contributed by atoms with Gasteiger partial charge in [-0.3, -0.25) is 9.59 Å². The van der Waals surface area contributed by atoms with Crippen molar-refractivity contribution in [2.24, 2.45) is 5.92 Å². The number of rotatable bonds is 3. The summed E-state index contributed by atoms with van der Waals surface area (Å²) in [6.45, 7) is 2.98. The fraction of sp³-hybridized carbons (Fsp3) is 0.579. The molecule has 0 N–H and O–H groups in total. The molecule has 4 rings (SSSR count). The van der Waals surface area contributed by atoms with Gasteiger partial charge >= 0.3 is 0 Å². The van der Waals surface area contributed by atoms with Crippen molar-refractivity contribution in [2.75, 3.05) is 32.8 Å². The molecule has 1 saturated carbocycles. The Morgan fingerprint density at radius 2 is 1.92 bits per heavy atom. The van der Waals surface area contributed by atoms with E-state index in [-0.39, 0.29) is 35.5 Å². The lowest BCUT2D eigenvalue weighted by Crippen LogP contribution is -2.51. The smallest absolute Gasteiger partial charge is 0.245 e. The number of carbonyl (C=O) groups is 2. The Hall–Kier alpha value is -1.95. The zero-order valence-electron chi connectivity index (χ0n) is 14.2. The maximum atomic E-state index is 13.4. The van der Waals surface area contributed by atoms with Gasteiger partial charge in [-0.2, -0.15) is 0 Å². The van der Waals surface area contributed by atoms with E-state index in [0.717, 1.165) is 24.8 Å². The Morgan fingerprint density at radius 3 is 2.68 bits per heavy atom. The summed E-state index contributed by atoms with van der Waals surface area (Å²) in [6, 6.07) is 6.16. The lowest BCUT2D eigenvalue weighted by Gasteiger charge is -2.32. The van der Waals surface area contributed by atoms with Crippen molar-refractivity contribution < 1.29 is 18.7 Å². The van der Waals surface area contributed by atoms with Crippen molar-refractivity contribution in [1.29, 1.82) is 0 Å².